The number of para-hydroxylation sites is 3. The van der Waals surface area contributed by atoms with Crippen LogP contribution in [0.2, 0.25) is 0 Å². The van der Waals surface area contributed by atoms with E-state index in [1.807, 2.05) is 11.8 Å². The summed E-state index contributed by atoms with van der Waals surface area (Å²) < 4.78 is 6.60. The highest BCUT2D eigenvalue weighted by Gasteiger charge is 2.25. The molecule has 0 aromatic heterocycles. The van der Waals surface area contributed by atoms with Gasteiger partial charge in [0.05, 0.1) is 12.3 Å². The summed E-state index contributed by atoms with van der Waals surface area (Å²) in [5.74, 6) is 1.97. The minimum Gasteiger partial charge on any atom is -0.494 e. The second kappa shape index (κ2) is 38.6. The molecule has 0 spiro atoms. The molecule has 0 radical (unpaired) electrons. The Balaban J connectivity index is 0.803. The Bertz CT molecular complexity index is 5710. The lowest BCUT2D eigenvalue weighted by molar-refractivity contribution is 0.309. The first-order valence-corrected chi connectivity index (χ1v) is 42.9. The van der Waals surface area contributed by atoms with E-state index in [0.717, 1.165) is 187 Å². The molecule has 15 rings (SSSR count). The summed E-state index contributed by atoms with van der Waals surface area (Å²) in [7, 11) is 0. The molecule has 0 aliphatic carbocycles. The van der Waals surface area contributed by atoms with Crippen LogP contribution in [0.15, 0.2) is 375 Å². The number of anilines is 18. The van der Waals surface area contributed by atoms with E-state index in [4.69, 9.17) is 4.74 Å². The highest BCUT2D eigenvalue weighted by Crippen LogP contribution is 2.48. The van der Waals surface area contributed by atoms with Crippen molar-refractivity contribution in [1.82, 2.24) is 0 Å². The van der Waals surface area contributed by atoms with Gasteiger partial charge in [0, 0.05) is 108 Å². The minimum atomic E-state index is 0.641. The molecule has 0 saturated carbocycles. The van der Waals surface area contributed by atoms with E-state index < -0.39 is 0 Å². The summed E-state index contributed by atoms with van der Waals surface area (Å²) in [6.45, 7) is 16.2. The highest BCUT2D eigenvalue weighted by molar-refractivity contribution is 7.99. The van der Waals surface area contributed by atoms with Gasteiger partial charge in [0.2, 0.25) is 0 Å². The second-order valence-corrected chi connectivity index (χ2v) is 31.7. The summed E-state index contributed by atoms with van der Waals surface area (Å²) in [4.78, 5) is 15.7. The van der Waals surface area contributed by atoms with E-state index in [1.54, 1.807) is 0 Å². The Labute approximate surface area is 699 Å². The summed E-state index contributed by atoms with van der Waals surface area (Å²) in [5.41, 5.74) is 29.9. The average Bonchev–Trinajstić information content (AvgIpc) is 0.638. The first kappa shape index (κ1) is 79.5. The number of nitrogens with zero attached hydrogens (tertiary/aromatic N) is 6. The number of ether oxygens (including phenoxy) is 1. The van der Waals surface area contributed by atoms with Crippen LogP contribution in [0, 0.1) is 20.8 Å². The van der Waals surface area contributed by atoms with E-state index in [9.17, 15) is 0 Å². The molecule has 0 unspecified atom stereocenters. The quantitative estimate of drug-likeness (QED) is 0.0291. The molecule has 7 nitrogen and oxygen atoms in total. The zero-order chi connectivity index (χ0) is 80.2. The van der Waals surface area contributed by atoms with Crippen LogP contribution in [0.3, 0.4) is 0 Å². The van der Waals surface area contributed by atoms with Crippen molar-refractivity contribution in [2.45, 2.75) is 118 Å². The van der Waals surface area contributed by atoms with Gasteiger partial charge in [0.25, 0.3) is 0 Å². The largest absolute Gasteiger partial charge is 0.494 e. The predicted octanol–water partition coefficient (Wildman–Crippen LogP) is 32.5. The van der Waals surface area contributed by atoms with Crippen molar-refractivity contribution in [3.05, 3.63) is 398 Å². The van der Waals surface area contributed by atoms with Crippen molar-refractivity contribution in [1.29, 1.82) is 0 Å². The predicted molar refractivity (Wildman–Crippen MR) is 503 cm³/mol. The maximum absolute atomic E-state index is 6.60. The summed E-state index contributed by atoms with van der Waals surface area (Å²) in [6, 6.07) is 136. The number of rotatable bonds is 34. The number of hydrogen-bond acceptors (Lipinski definition) is 8. The molecule has 0 fully saturated rings. The molecule has 0 heterocycles. The molecule has 15 aromatic rings. The molecule has 0 atom stereocenters. The van der Waals surface area contributed by atoms with Gasteiger partial charge in [-0.25, -0.2) is 0 Å². The van der Waals surface area contributed by atoms with Gasteiger partial charge in [-0.05, 0) is 322 Å². The molecule has 0 N–H and O–H groups in total. The van der Waals surface area contributed by atoms with Crippen molar-refractivity contribution < 1.29 is 4.74 Å². The van der Waals surface area contributed by atoms with E-state index in [0.29, 0.717) is 6.61 Å². The van der Waals surface area contributed by atoms with E-state index in [-0.39, 0.29) is 0 Å². The SMILES string of the molecule is CCCCOc1cc(C)cc(N(c2cccc(-c3ccc(N(c4cc(CCCC)cc(CCCC)c4)c4cccc(-c5cccc(N(c6ccc(SCCCC)cc6)c6cccc(C)c6)c5)c4)cc3)c2)c2cccc(N(c3ccccc3)c3cccc(N(c4ccccc4)c4cccc(N(c5ccccc5)c5ccc(C)cc5)c4)c3)c2)c1. The van der Waals surface area contributed by atoms with Crippen LogP contribution in [0.4, 0.5) is 102 Å². The number of hydrogen-bond donors (Lipinski definition) is 0. The van der Waals surface area contributed by atoms with E-state index in [2.05, 4.69) is 448 Å². The first-order valence-electron chi connectivity index (χ1n) is 42.0. The van der Waals surface area contributed by atoms with Crippen LogP contribution in [-0.4, -0.2) is 12.4 Å². The lowest BCUT2D eigenvalue weighted by Gasteiger charge is -2.32. The van der Waals surface area contributed by atoms with Crippen molar-refractivity contribution in [3.8, 4) is 28.0 Å². The molecule has 15 aromatic carbocycles. The van der Waals surface area contributed by atoms with Gasteiger partial charge in [-0.1, -0.05) is 211 Å². The van der Waals surface area contributed by atoms with Gasteiger partial charge >= 0.3 is 0 Å². The highest BCUT2D eigenvalue weighted by atomic mass is 32.2. The van der Waals surface area contributed by atoms with Crippen LogP contribution in [0.5, 0.6) is 5.75 Å². The Morgan fingerprint density at radius 1 is 0.222 bits per heavy atom. The smallest absolute Gasteiger partial charge is 0.121 e. The van der Waals surface area contributed by atoms with Crippen LogP contribution in [0.1, 0.15) is 107 Å². The third kappa shape index (κ3) is 19.5. The van der Waals surface area contributed by atoms with Gasteiger partial charge in [-0.15, -0.1) is 11.8 Å². The van der Waals surface area contributed by atoms with Crippen molar-refractivity contribution in [3.63, 3.8) is 0 Å². The van der Waals surface area contributed by atoms with Crippen LogP contribution >= 0.6 is 11.8 Å². The summed E-state index contributed by atoms with van der Waals surface area (Å²) >= 11 is 1.94. The Hall–Kier alpha value is -12.8. The van der Waals surface area contributed by atoms with Gasteiger partial charge < -0.3 is 34.1 Å². The maximum Gasteiger partial charge on any atom is 0.121 e. The van der Waals surface area contributed by atoms with Crippen LogP contribution in [-0.2, 0) is 12.8 Å². The van der Waals surface area contributed by atoms with Crippen molar-refractivity contribution >= 4 is 114 Å². The fourth-order valence-electron chi connectivity index (χ4n) is 15.7. The van der Waals surface area contributed by atoms with E-state index in [1.165, 1.54) is 45.7 Å². The van der Waals surface area contributed by atoms with Gasteiger partial charge in [0.15, 0.2) is 0 Å². The molecule has 0 saturated heterocycles. The van der Waals surface area contributed by atoms with Crippen molar-refractivity contribution in [2.24, 2.45) is 0 Å². The van der Waals surface area contributed by atoms with E-state index >= 15 is 0 Å². The van der Waals surface area contributed by atoms with Gasteiger partial charge in [-0.2, -0.15) is 0 Å². The van der Waals surface area contributed by atoms with Crippen molar-refractivity contribution in [2.75, 3.05) is 41.8 Å². The number of aryl methyl sites for hydroxylation is 5. The minimum absolute atomic E-state index is 0.641. The summed E-state index contributed by atoms with van der Waals surface area (Å²) in [5, 5.41) is 0. The molecule has 0 aliphatic rings. The average molecular weight is 1550 g/mol. The lowest BCUT2D eigenvalue weighted by Crippen LogP contribution is -2.15. The zero-order valence-electron chi connectivity index (χ0n) is 68.7. The first-order chi connectivity index (χ1) is 57.5. The zero-order valence-corrected chi connectivity index (χ0v) is 69.5. The second-order valence-electron chi connectivity index (χ2n) is 30.6. The molecular formula is C109H106N6OS. The van der Waals surface area contributed by atoms with Crippen LogP contribution in [0.25, 0.3) is 22.3 Å². The normalized spacial score (nSPS) is 11.1. The third-order valence-corrected chi connectivity index (χ3v) is 22.7. The molecular weight excluding hydrogens is 1440 g/mol. The Morgan fingerprint density at radius 2 is 0.547 bits per heavy atom. The van der Waals surface area contributed by atoms with Gasteiger partial charge in [0.1, 0.15) is 5.75 Å². The third-order valence-electron chi connectivity index (χ3n) is 21.6. The number of unbranched alkanes of at least 4 members (excludes halogenated alkanes) is 4. The monoisotopic (exact) mass is 1550 g/mol. The standard InChI is InChI=1S/C109H106N6OS/c1-8-12-33-84-71-85(34-13-9-2)73-107(72-84)114(98-46-28-37-89(76-98)88-36-27-45-97(75-88)113(96-44-25-32-82(6)68-96)95-62-64-109(65-63-95)117-67-15-11-4)94-60-56-86(57-61-94)87-35-26-47-99(74-87)115(106-69-83(7)70-108(80-106)116-66-14-10-3)105-53-31-52-104(79-105)112(92-42-23-18-24-43-92)103-51-30-50-102(78-103)111(91-40-21-17-22-41-91)101-49-29-48-100(77-101)110(90-38-19-16-20-39-90)93-58-54-81(5)55-59-93/h16-32,35-65,68-80H,8-15,33-34,66-67H2,1-7H3. The molecule has 584 valence electrons. The fraction of sp³-hybridized carbons (Fsp3) is 0.174. The molecule has 0 amide bonds. The number of benzene rings is 15. The number of thioether (sulfide) groups is 1. The fourth-order valence-corrected chi connectivity index (χ4v) is 16.7. The molecule has 117 heavy (non-hydrogen) atoms. The lowest BCUT2D eigenvalue weighted by atomic mass is 9.99. The molecule has 0 aliphatic heterocycles. The maximum atomic E-state index is 6.60. The molecule has 8 heteroatoms. The Kier molecular flexibility index (Phi) is 26.2. The topological polar surface area (TPSA) is 28.7 Å². The molecule has 0 bridgehead atoms. The van der Waals surface area contributed by atoms with Crippen LogP contribution < -0.4 is 34.1 Å². The van der Waals surface area contributed by atoms with Gasteiger partial charge in [-0.3, -0.25) is 0 Å². The Morgan fingerprint density at radius 3 is 0.974 bits per heavy atom. The summed E-state index contributed by atoms with van der Waals surface area (Å²) in [6.07, 6.45) is 11.0.